The molecule has 0 aromatic rings. The average Bonchev–Trinajstić information content (AvgIpc) is 2.11. The highest BCUT2D eigenvalue weighted by Gasteiger charge is 2.15. The third kappa shape index (κ3) is 7.11. The number of ether oxygens (including phenoxy) is 1. The fourth-order valence-electron chi connectivity index (χ4n) is 1.13. The van der Waals surface area contributed by atoms with Gasteiger partial charge in [0.15, 0.2) is 0 Å². The monoisotopic (exact) mass is 215 g/mol. The van der Waals surface area contributed by atoms with Crippen LogP contribution in [0.5, 0.6) is 0 Å². The Labute approximate surface area is 91.3 Å². The molecule has 0 saturated heterocycles. The standard InChI is InChI=1S/C11H21NO3/c1-5-15-11(3,4)8-12-7-6-9(2)10(13)14/h6,12H,5,7-8H2,1-4H3,(H,13,14)/b9-6-. The Bertz CT molecular complexity index is 234. The van der Waals surface area contributed by atoms with Gasteiger partial charge in [-0.1, -0.05) is 6.08 Å². The van der Waals surface area contributed by atoms with Crippen LogP contribution >= 0.6 is 0 Å². The number of aliphatic carboxylic acids is 1. The number of nitrogens with one attached hydrogen (secondary N) is 1. The summed E-state index contributed by atoms with van der Waals surface area (Å²) in [5, 5.41) is 11.7. The lowest BCUT2D eigenvalue weighted by Crippen LogP contribution is -2.37. The fourth-order valence-corrected chi connectivity index (χ4v) is 1.13. The molecule has 88 valence electrons. The molecule has 0 fully saturated rings. The summed E-state index contributed by atoms with van der Waals surface area (Å²) in [4.78, 5) is 10.5. The van der Waals surface area contributed by atoms with Crippen molar-refractivity contribution < 1.29 is 14.6 Å². The summed E-state index contributed by atoms with van der Waals surface area (Å²) in [6.45, 7) is 9.46. The van der Waals surface area contributed by atoms with E-state index in [9.17, 15) is 4.79 Å². The van der Waals surface area contributed by atoms with Gasteiger partial charge in [-0.05, 0) is 27.7 Å². The second-order valence-electron chi connectivity index (χ2n) is 4.02. The normalized spacial score (nSPS) is 12.9. The van der Waals surface area contributed by atoms with Crippen molar-refractivity contribution in [1.29, 1.82) is 0 Å². The van der Waals surface area contributed by atoms with Crippen molar-refractivity contribution in [3.63, 3.8) is 0 Å². The van der Waals surface area contributed by atoms with Gasteiger partial charge in [0.05, 0.1) is 5.60 Å². The minimum Gasteiger partial charge on any atom is -0.478 e. The van der Waals surface area contributed by atoms with E-state index in [2.05, 4.69) is 5.32 Å². The summed E-state index contributed by atoms with van der Waals surface area (Å²) in [6, 6.07) is 0. The largest absolute Gasteiger partial charge is 0.478 e. The Morgan fingerprint density at radius 3 is 2.60 bits per heavy atom. The molecule has 0 aromatic carbocycles. The van der Waals surface area contributed by atoms with Gasteiger partial charge in [0.1, 0.15) is 0 Å². The topological polar surface area (TPSA) is 58.6 Å². The first kappa shape index (κ1) is 14.1. The van der Waals surface area contributed by atoms with E-state index in [1.54, 1.807) is 13.0 Å². The second kappa shape index (κ2) is 6.58. The zero-order valence-corrected chi connectivity index (χ0v) is 9.96. The Hall–Kier alpha value is -0.870. The first-order valence-electron chi connectivity index (χ1n) is 5.14. The van der Waals surface area contributed by atoms with E-state index in [0.29, 0.717) is 25.3 Å². The van der Waals surface area contributed by atoms with Gasteiger partial charge in [0.2, 0.25) is 0 Å². The highest BCUT2D eigenvalue weighted by atomic mass is 16.5. The first-order valence-corrected chi connectivity index (χ1v) is 5.14. The van der Waals surface area contributed by atoms with Gasteiger partial charge in [-0.15, -0.1) is 0 Å². The molecule has 15 heavy (non-hydrogen) atoms. The smallest absolute Gasteiger partial charge is 0.330 e. The number of hydrogen-bond donors (Lipinski definition) is 2. The molecular weight excluding hydrogens is 194 g/mol. The van der Waals surface area contributed by atoms with Crippen molar-refractivity contribution in [2.45, 2.75) is 33.3 Å². The Kier molecular flexibility index (Phi) is 6.20. The van der Waals surface area contributed by atoms with E-state index < -0.39 is 5.97 Å². The van der Waals surface area contributed by atoms with Crippen LogP contribution in [0.4, 0.5) is 0 Å². The van der Waals surface area contributed by atoms with Crippen LogP contribution in [0.3, 0.4) is 0 Å². The van der Waals surface area contributed by atoms with E-state index in [1.165, 1.54) is 0 Å². The number of carboxylic acid groups (broad SMARTS) is 1. The zero-order valence-electron chi connectivity index (χ0n) is 9.96. The maximum absolute atomic E-state index is 10.5. The molecule has 0 aromatic heterocycles. The maximum atomic E-state index is 10.5. The molecule has 2 N–H and O–H groups in total. The van der Waals surface area contributed by atoms with E-state index in [4.69, 9.17) is 9.84 Å². The van der Waals surface area contributed by atoms with Crippen LogP contribution in [0.2, 0.25) is 0 Å². The second-order valence-corrected chi connectivity index (χ2v) is 4.02. The van der Waals surface area contributed by atoms with Gasteiger partial charge in [0, 0.05) is 25.3 Å². The minimum atomic E-state index is -0.874. The van der Waals surface area contributed by atoms with Crippen molar-refractivity contribution in [3.8, 4) is 0 Å². The van der Waals surface area contributed by atoms with Gasteiger partial charge >= 0.3 is 5.97 Å². The molecule has 0 bridgehead atoms. The molecule has 0 amide bonds. The van der Waals surface area contributed by atoms with Crippen LogP contribution < -0.4 is 5.32 Å². The van der Waals surface area contributed by atoms with Crippen LogP contribution in [0.25, 0.3) is 0 Å². The molecule has 0 radical (unpaired) electrons. The van der Waals surface area contributed by atoms with E-state index in [0.717, 1.165) is 0 Å². The minimum absolute atomic E-state index is 0.209. The van der Waals surface area contributed by atoms with Crippen molar-refractivity contribution in [2.75, 3.05) is 19.7 Å². The van der Waals surface area contributed by atoms with Crippen LogP contribution in [0.1, 0.15) is 27.7 Å². The third-order valence-electron chi connectivity index (χ3n) is 1.98. The molecule has 4 heteroatoms. The predicted molar refractivity (Wildman–Crippen MR) is 60.0 cm³/mol. The maximum Gasteiger partial charge on any atom is 0.330 e. The summed E-state index contributed by atoms with van der Waals surface area (Å²) in [7, 11) is 0. The van der Waals surface area contributed by atoms with E-state index >= 15 is 0 Å². The molecule has 0 rings (SSSR count). The number of carboxylic acids is 1. The summed E-state index contributed by atoms with van der Waals surface area (Å²) in [5.74, 6) is -0.874. The Morgan fingerprint density at radius 1 is 1.53 bits per heavy atom. The van der Waals surface area contributed by atoms with Crippen LogP contribution in [0.15, 0.2) is 11.6 Å². The van der Waals surface area contributed by atoms with Gasteiger partial charge in [-0.3, -0.25) is 0 Å². The van der Waals surface area contributed by atoms with E-state index in [1.807, 2.05) is 20.8 Å². The molecule has 0 aliphatic heterocycles. The van der Waals surface area contributed by atoms with Gasteiger partial charge in [0.25, 0.3) is 0 Å². The SMILES string of the molecule is CCOC(C)(C)CNC/C=C(/C)C(=O)O. The summed E-state index contributed by atoms with van der Waals surface area (Å²) in [6.07, 6.45) is 1.66. The lowest BCUT2D eigenvalue weighted by Gasteiger charge is -2.24. The quantitative estimate of drug-likeness (QED) is 0.498. The molecule has 0 unspecified atom stereocenters. The van der Waals surface area contributed by atoms with Crippen LogP contribution in [-0.4, -0.2) is 36.4 Å². The van der Waals surface area contributed by atoms with Crippen molar-refractivity contribution in [3.05, 3.63) is 11.6 Å². The van der Waals surface area contributed by atoms with Crippen LogP contribution in [0, 0.1) is 0 Å². The van der Waals surface area contributed by atoms with Gasteiger partial charge in [-0.2, -0.15) is 0 Å². The average molecular weight is 215 g/mol. The Morgan fingerprint density at radius 2 is 2.13 bits per heavy atom. The van der Waals surface area contributed by atoms with Gasteiger partial charge in [-0.25, -0.2) is 4.79 Å². The Balaban J connectivity index is 3.80. The van der Waals surface area contributed by atoms with Crippen molar-refractivity contribution in [2.24, 2.45) is 0 Å². The molecule has 4 nitrogen and oxygen atoms in total. The molecule has 0 heterocycles. The van der Waals surface area contributed by atoms with Crippen molar-refractivity contribution in [1.82, 2.24) is 5.32 Å². The lowest BCUT2D eigenvalue weighted by atomic mass is 10.1. The zero-order chi connectivity index (χ0) is 11.9. The molecular formula is C11H21NO3. The third-order valence-corrected chi connectivity index (χ3v) is 1.98. The number of carbonyl (C=O) groups is 1. The van der Waals surface area contributed by atoms with Gasteiger partial charge < -0.3 is 15.2 Å². The van der Waals surface area contributed by atoms with Crippen molar-refractivity contribution >= 4 is 5.97 Å². The summed E-state index contributed by atoms with van der Waals surface area (Å²) >= 11 is 0. The fraction of sp³-hybridized carbons (Fsp3) is 0.727. The summed E-state index contributed by atoms with van der Waals surface area (Å²) in [5.41, 5.74) is 0.149. The number of rotatable bonds is 7. The molecule has 0 saturated carbocycles. The molecule has 0 atom stereocenters. The predicted octanol–water partition coefficient (Wildman–Crippen LogP) is 1.42. The summed E-state index contributed by atoms with van der Waals surface area (Å²) < 4.78 is 5.48. The number of hydrogen-bond acceptors (Lipinski definition) is 3. The molecule has 0 aliphatic carbocycles. The molecule has 0 aliphatic rings. The lowest BCUT2D eigenvalue weighted by molar-refractivity contribution is -0.132. The van der Waals surface area contributed by atoms with Crippen LogP contribution in [-0.2, 0) is 9.53 Å². The molecule has 0 spiro atoms. The van der Waals surface area contributed by atoms with E-state index in [-0.39, 0.29) is 5.60 Å². The highest BCUT2D eigenvalue weighted by Crippen LogP contribution is 2.06. The first-order chi connectivity index (χ1) is 6.89. The highest BCUT2D eigenvalue weighted by molar-refractivity contribution is 5.85.